The first kappa shape index (κ1) is 13.4. The maximum atomic E-state index is 12.2. The van der Waals surface area contributed by atoms with Gasteiger partial charge in [0.25, 0.3) is 0 Å². The molecule has 0 saturated heterocycles. The summed E-state index contributed by atoms with van der Waals surface area (Å²) in [4.78, 5) is 4.21. The number of hydrogen-bond acceptors (Lipinski definition) is 2. The number of pyridine rings is 1. The molecule has 0 spiro atoms. The second kappa shape index (κ2) is 4.91. The van der Waals surface area contributed by atoms with E-state index in [-0.39, 0.29) is 5.75 Å². The predicted octanol–water partition coefficient (Wildman–Crippen LogP) is 4.26. The van der Waals surface area contributed by atoms with Crippen LogP contribution in [0.3, 0.4) is 0 Å². The summed E-state index contributed by atoms with van der Waals surface area (Å²) in [5, 5.41) is 0. The number of rotatable bonds is 2. The molecule has 0 saturated carbocycles. The Kier molecular flexibility index (Phi) is 3.46. The quantitative estimate of drug-likeness (QED) is 0.810. The van der Waals surface area contributed by atoms with Gasteiger partial charge >= 0.3 is 6.36 Å². The lowest BCUT2D eigenvalue weighted by molar-refractivity contribution is -0.274. The van der Waals surface area contributed by atoms with Gasteiger partial charge in [-0.15, -0.1) is 13.2 Å². The van der Waals surface area contributed by atoms with Crippen LogP contribution >= 0.6 is 0 Å². The van der Waals surface area contributed by atoms with Crippen molar-refractivity contribution in [2.24, 2.45) is 0 Å². The number of aryl methyl sites for hydroxylation is 1. The lowest BCUT2D eigenvalue weighted by atomic mass is 10.0. The summed E-state index contributed by atoms with van der Waals surface area (Å²) in [6.45, 7) is 3.81. The van der Waals surface area contributed by atoms with Gasteiger partial charge in [-0.2, -0.15) is 0 Å². The minimum Gasteiger partial charge on any atom is -0.406 e. The monoisotopic (exact) mass is 267 g/mol. The fourth-order valence-corrected chi connectivity index (χ4v) is 1.76. The SMILES string of the molecule is Cc1ccnc(-c2cccc(OC(F)(F)F)c2)c1C. The van der Waals surface area contributed by atoms with Crippen LogP contribution in [0.15, 0.2) is 36.5 Å². The maximum Gasteiger partial charge on any atom is 0.573 e. The Morgan fingerprint density at radius 3 is 2.53 bits per heavy atom. The van der Waals surface area contributed by atoms with Crippen molar-refractivity contribution < 1.29 is 17.9 Å². The number of hydrogen-bond donors (Lipinski definition) is 0. The molecule has 0 amide bonds. The van der Waals surface area contributed by atoms with Gasteiger partial charge in [-0.05, 0) is 43.2 Å². The van der Waals surface area contributed by atoms with Gasteiger partial charge in [0.1, 0.15) is 5.75 Å². The van der Waals surface area contributed by atoms with Gasteiger partial charge < -0.3 is 4.74 Å². The summed E-state index contributed by atoms with van der Waals surface area (Å²) in [6.07, 6.45) is -3.05. The lowest BCUT2D eigenvalue weighted by Gasteiger charge is -2.11. The Balaban J connectivity index is 2.41. The van der Waals surface area contributed by atoms with E-state index in [1.807, 2.05) is 19.9 Å². The highest BCUT2D eigenvalue weighted by Crippen LogP contribution is 2.29. The molecule has 0 bridgehead atoms. The Morgan fingerprint density at radius 2 is 1.84 bits per heavy atom. The van der Waals surface area contributed by atoms with E-state index in [2.05, 4.69) is 9.72 Å². The largest absolute Gasteiger partial charge is 0.573 e. The number of ether oxygens (including phenoxy) is 1. The molecular weight excluding hydrogens is 255 g/mol. The highest BCUT2D eigenvalue weighted by Gasteiger charge is 2.31. The molecule has 2 nitrogen and oxygen atoms in total. The maximum absolute atomic E-state index is 12.2. The standard InChI is InChI=1S/C14H12F3NO/c1-9-6-7-18-13(10(9)2)11-4-3-5-12(8-11)19-14(15,16)17/h3-8H,1-2H3. The zero-order valence-electron chi connectivity index (χ0n) is 10.5. The number of nitrogens with zero attached hydrogens (tertiary/aromatic N) is 1. The summed E-state index contributed by atoms with van der Waals surface area (Å²) >= 11 is 0. The van der Waals surface area contributed by atoms with Crippen LogP contribution in [0.4, 0.5) is 13.2 Å². The van der Waals surface area contributed by atoms with Gasteiger partial charge in [-0.3, -0.25) is 4.98 Å². The topological polar surface area (TPSA) is 22.1 Å². The Hall–Kier alpha value is -2.04. The molecule has 5 heteroatoms. The molecule has 0 radical (unpaired) electrons. The van der Waals surface area contributed by atoms with Crippen LogP contribution in [-0.2, 0) is 0 Å². The van der Waals surface area contributed by atoms with Crippen molar-refractivity contribution in [1.82, 2.24) is 4.98 Å². The molecule has 2 rings (SSSR count). The molecule has 0 aliphatic carbocycles. The molecular formula is C14H12F3NO. The summed E-state index contributed by atoms with van der Waals surface area (Å²) < 4.78 is 40.4. The van der Waals surface area contributed by atoms with Crippen LogP contribution in [0, 0.1) is 13.8 Å². The second-order valence-electron chi connectivity index (χ2n) is 4.18. The fraction of sp³-hybridized carbons (Fsp3) is 0.214. The van der Waals surface area contributed by atoms with Crippen LogP contribution in [0.2, 0.25) is 0 Å². The van der Waals surface area contributed by atoms with Crippen molar-refractivity contribution in [2.75, 3.05) is 0 Å². The van der Waals surface area contributed by atoms with Gasteiger partial charge in [0.2, 0.25) is 0 Å². The fourth-order valence-electron chi connectivity index (χ4n) is 1.76. The van der Waals surface area contributed by atoms with Gasteiger partial charge in [0.15, 0.2) is 0 Å². The highest BCUT2D eigenvalue weighted by atomic mass is 19.4. The molecule has 0 aliphatic rings. The second-order valence-corrected chi connectivity index (χ2v) is 4.18. The Labute approximate surface area is 108 Å². The molecule has 0 aliphatic heterocycles. The van der Waals surface area contributed by atoms with E-state index < -0.39 is 6.36 Å². The predicted molar refractivity (Wildman–Crippen MR) is 65.8 cm³/mol. The average Bonchev–Trinajstić information content (AvgIpc) is 2.31. The smallest absolute Gasteiger partial charge is 0.406 e. The van der Waals surface area contributed by atoms with Gasteiger partial charge in [-0.1, -0.05) is 12.1 Å². The van der Waals surface area contributed by atoms with Gasteiger partial charge in [-0.25, -0.2) is 0 Å². The number of aromatic nitrogens is 1. The van der Waals surface area contributed by atoms with E-state index in [0.29, 0.717) is 11.3 Å². The van der Waals surface area contributed by atoms with E-state index in [1.165, 1.54) is 18.2 Å². The van der Waals surface area contributed by atoms with Crippen molar-refractivity contribution in [3.63, 3.8) is 0 Å². The summed E-state index contributed by atoms with van der Waals surface area (Å²) in [5.74, 6) is -0.243. The van der Waals surface area contributed by atoms with Crippen molar-refractivity contribution in [3.8, 4) is 17.0 Å². The number of benzene rings is 1. The number of halogens is 3. The minimum absolute atomic E-state index is 0.243. The first-order valence-electron chi connectivity index (χ1n) is 5.65. The van der Waals surface area contributed by atoms with Gasteiger partial charge in [0, 0.05) is 11.8 Å². The molecule has 1 aromatic carbocycles. The Morgan fingerprint density at radius 1 is 1.11 bits per heavy atom. The van der Waals surface area contributed by atoms with Crippen LogP contribution in [-0.4, -0.2) is 11.3 Å². The van der Waals surface area contributed by atoms with Crippen LogP contribution in [0.25, 0.3) is 11.3 Å². The third kappa shape index (κ3) is 3.24. The zero-order chi connectivity index (χ0) is 14.0. The van der Waals surface area contributed by atoms with E-state index in [4.69, 9.17) is 0 Å². The Bertz CT molecular complexity index is 593. The van der Waals surface area contributed by atoms with Gasteiger partial charge in [0.05, 0.1) is 5.69 Å². The molecule has 100 valence electrons. The lowest BCUT2D eigenvalue weighted by Crippen LogP contribution is -2.17. The minimum atomic E-state index is -4.69. The van der Waals surface area contributed by atoms with Crippen LogP contribution in [0.5, 0.6) is 5.75 Å². The van der Waals surface area contributed by atoms with Crippen molar-refractivity contribution in [3.05, 3.63) is 47.7 Å². The molecule has 1 aromatic heterocycles. The first-order valence-corrected chi connectivity index (χ1v) is 5.65. The van der Waals surface area contributed by atoms with E-state index in [0.717, 1.165) is 11.1 Å². The van der Waals surface area contributed by atoms with Crippen LogP contribution in [0.1, 0.15) is 11.1 Å². The third-order valence-electron chi connectivity index (χ3n) is 2.82. The molecule has 0 unspecified atom stereocenters. The van der Waals surface area contributed by atoms with Crippen molar-refractivity contribution in [2.45, 2.75) is 20.2 Å². The molecule has 0 atom stereocenters. The average molecular weight is 267 g/mol. The highest BCUT2D eigenvalue weighted by molar-refractivity contribution is 5.65. The van der Waals surface area contributed by atoms with E-state index in [9.17, 15) is 13.2 Å². The molecule has 0 N–H and O–H groups in total. The van der Waals surface area contributed by atoms with E-state index in [1.54, 1.807) is 12.3 Å². The van der Waals surface area contributed by atoms with Crippen molar-refractivity contribution >= 4 is 0 Å². The molecule has 19 heavy (non-hydrogen) atoms. The summed E-state index contributed by atoms with van der Waals surface area (Å²) in [7, 11) is 0. The zero-order valence-corrected chi connectivity index (χ0v) is 10.5. The first-order chi connectivity index (χ1) is 8.87. The number of alkyl halides is 3. The van der Waals surface area contributed by atoms with E-state index >= 15 is 0 Å². The molecule has 1 heterocycles. The van der Waals surface area contributed by atoms with Crippen molar-refractivity contribution in [1.29, 1.82) is 0 Å². The molecule has 0 fully saturated rings. The van der Waals surface area contributed by atoms with Crippen LogP contribution < -0.4 is 4.74 Å². The molecule has 2 aromatic rings. The summed E-state index contributed by atoms with van der Waals surface area (Å²) in [6, 6.07) is 7.68. The third-order valence-corrected chi connectivity index (χ3v) is 2.82. The normalized spacial score (nSPS) is 11.4. The summed E-state index contributed by atoms with van der Waals surface area (Å²) in [5.41, 5.74) is 3.23.